The average Bonchev–Trinajstić information content (AvgIpc) is 3.13. The van der Waals surface area contributed by atoms with Crippen LogP contribution in [0.25, 0.3) is 11.2 Å². The molecule has 0 aromatic carbocycles. The summed E-state index contributed by atoms with van der Waals surface area (Å²) in [6.07, 6.45) is -0.821. The Labute approximate surface area is 167 Å². The molecular formula is C16H25N6O6P. The lowest BCUT2D eigenvalue weighted by Gasteiger charge is -2.36. The van der Waals surface area contributed by atoms with Gasteiger partial charge in [-0.25, -0.2) is 9.55 Å². The van der Waals surface area contributed by atoms with Crippen molar-refractivity contribution in [1.82, 2.24) is 19.5 Å². The number of fused-ring (bicyclic) bond motifs is 2. The molecule has 4 N–H and O–H groups in total. The Balaban J connectivity index is 1.70. The van der Waals surface area contributed by atoms with E-state index in [1.165, 1.54) is 6.33 Å². The van der Waals surface area contributed by atoms with Crippen molar-refractivity contribution in [1.29, 1.82) is 0 Å². The van der Waals surface area contributed by atoms with Gasteiger partial charge in [-0.05, 0) is 27.7 Å². The number of nitrogen functional groups attached to an aromatic ring is 1. The van der Waals surface area contributed by atoms with Crippen LogP contribution in [-0.2, 0) is 22.9 Å². The molecule has 0 saturated carbocycles. The van der Waals surface area contributed by atoms with Crippen molar-refractivity contribution in [3.8, 4) is 5.88 Å². The van der Waals surface area contributed by atoms with Gasteiger partial charge in [0.1, 0.15) is 12.2 Å². The molecule has 2 saturated heterocycles. The molecule has 160 valence electrons. The maximum absolute atomic E-state index is 12.8. The molecule has 0 aliphatic carbocycles. The first-order valence-electron chi connectivity index (χ1n) is 9.33. The highest BCUT2D eigenvalue weighted by Gasteiger charge is 2.59. The van der Waals surface area contributed by atoms with Gasteiger partial charge in [0.25, 0.3) is 0 Å². The van der Waals surface area contributed by atoms with Crippen LogP contribution in [0, 0.1) is 0 Å². The van der Waals surface area contributed by atoms with Crippen LogP contribution >= 0.6 is 7.82 Å². The number of phosphoric ester groups is 1. The minimum atomic E-state index is -3.75. The van der Waals surface area contributed by atoms with Gasteiger partial charge in [-0.3, -0.25) is 18.1 Å². The lowest BCUT2D eigenvalue weighted by molar-refractivity contribution is -0.0733. The summed E-state index contributed by atoms with van der Waals surface area (Å²) < 4.78 is 42.4. The van der Waals surface area contributed by atoms with Crippen LogP contribution in [0.5, 0.6) is 5.88 Å². The number of hydrogen-bond acceptors (Lipinski definition) is 11. The van der Waals surface area contributed by atoms with E-state index in [-0.39, 0.29) is 24.5 Å². The fraction of sp³-hybridized carbons (Fsp3) is 0.688. The summed E-state index contributed by atoms with van der Waals surface area (Å²) in [4.78, 5) is 12.7. The number of imidazole rings is 1. The van der Waals surface area contributed by atoms with Gasteiger partial charge in [0.2, 0.25) is 11.8 Å². The highest BCUT2D eigenvalue weighted by Crippen LogP contribution is 2.59. The first kappa shape index (κ1) is 20.5. The Hall–Kier alpha value is -1.82. The largest absolute Gasteiger partial charge is 0.476 e. The van der Waals surface area contributed by atoms with E-state index < -0.39 is 31.8 Å². The van der Waals surface area contributed by atoms with E-state index in [9.17, 15) is 4.57 Å². The van der Waals surface area contributed by atoms with E-state index in [0.717, 1.165) is 0 Å². The number of ether oxygens (including phenoxy) is 2. The minimum Gasteiger partial charge on any atom is -0.476 e. The summed E-state index contributed by atoms with van der Waals surface area (Å²) in [7, 11) is -3.75. The Kier molecular flexibility index (Phi) is 5.04. The van der Waals surface area contributed by atoms with Crippen LogP contribution in [0.3, 0.4) is 0 Å². The molecule has 0 radical (unpaired) electrons. The molecule has 2 fully saturated rings. The Morgan fingerprint density at radius 2 is 2.21 bits per heavy atom. The van der Waals surface area contributed by atoms with Gasteiger partial charge in [-0.1, -0.05) is 0 Å². The van der Waals surface area contributed by atoms with E-state index in [4.69, 9.17) is 34.5 Å². The third kappa shape index (κ3) is 3.49. The molecule has 0 bridgehead atoms. The summed E-state index contributed by atoms with van der Waals surface area (Å²) in [6, 6.07) is 0. The second kappa shape index (κ2) is 7.15. The van der Waals surface area contributed by atoms with Crippen molar-refractivity contribution in [3.05, 3.63) is 6.33 Å². The monoisotopic (exact) mass is 428 g/mol. The first-order chi connectivity index (χ1) is 13.6. The Bertz CT molecular complexity index is 965. The van der Waals surface area contributed by atoms with E-state index in [1.807, 2.05) is 6.92 Å². The van der Waals surface area contributed by atoms with Crippen LogP contribution < -0.4 is 16.2 Å². The summed E-state index contributed by atoms with van der Waals surface area (Å²) in [6.45, 7) is 7.47. The molecule has 0 spiro atoms. The van der Waals surface area contributed by atoms with Gasteiger partial charge in [-0.15, -0.1) is 0 Å². The SMILES string of the molecule is CCOc1nc(N)nc2c1ncn2[C@@H]1O[C@@H]2COP(=O)(OC(C)C)O[C@H]2[C@@]1(C)N. The van der Waals surface area contributed by atoms with Gasteiger partial charge in [0, 0.05) is 0 Å². The van der Waals surface area contributed by atoms with Gasteiger partial charge in [0.15, 0.2) is 17.4 Å². The second-order valence-electron chi connectivity index (χ2n) is 7.46. The third-order valence-electron chi connectivity index (χ3n) is 4.71. The Morgan fingerprint density at radius 1 is 1.45 bits per heavy atom. The first-order valence-corrected chi connectivity index (χ1v) is 10.8. The molecule has 2 aromatic heterocycles. The predicted molar refractivity (Wildman–Crippen MR) is 102 cm³/mol. The summed E-state index contributed by atoms with van der Waals surface area (Å²) in [5.41, 5.74) is 12.2. The summed E-state index contributed by atoms with van der Waals surface area (Å²) in [5.74, 6) is 0.309. The summed E-state index contributed by atoms with van der Waals surface area (Å²) in [5, 5.41) is 0. The number of aromatic nitrogens is 4. The zero-order valence-corrected chi connectivity index (χ0v) is 17.5. The quantitative estimate of drug-likeness (QED) is 0.662. The molecular weight excluding hydrogens is 403 g/mol. The number of nitrogens with two attached hydrogens (primary N) is 2. The third-order valence-corrected chi connectivity index (χ3v) is 6.34. The van der Waals surface area contributed by atoms with Gasteiger partial charge in [0.05, 0.1) is 31.2 Å². The normalized spacial score (nSPS) is 34.6. The number of anilines is 1. The van der Waals surface area contributed by atoms with Crippen molar-refractivity contribution in [2.75, 3.05) is 18.9 Å². The van der Waals surface area contributed by atoms with E-state index >= 15 is 0 Å². The molecule has 12 nitrogen and oxygen atoms in total. The topological polar surface area (TPSA) is 159 Å². The zero-order chi connectivity index (χ0) is 21.0. The standard InChI is InChI=1S/C16H25N6O6P/c1-5-24-13-10-12(20-15(17)21-13)22(7-19-10)14-16(4,18)11-9(26-14)6-25-29(23,28-11)27-8(2)3/h7-9,11,14H,5-6,18H2,1-4H3,(H2,17,20,21)/t9-,11-,14-,16-,29?/m1/s1. The number of nitrogens with zero attached hydrogens (tertiary/aromatic N) is 4. The average molecular weight is 428 g/mol. The van der Waals surface area contributed by atoms with Crippen LogP contribution in [0.2, 0.25) is 0 Å². The van der Waals surface area contributed by atoms with Crippen LogP contribution in [-0.4, -0.2) is 56.6 Å². The molecule has 1 unspecified atom stereocenters. The zero-order valence-electron chi connectivity index (χ0n) is 16.6. The van der Waals surface area contributed by atoms with Gasteiger partial charge >= 0.3 is 7.82 Å². The van der Waals surface area contributed by atoms with Crippen molar-refractivity contribution < 1.29 is 27.6 Å². The fourth-order valence-electron chi connectivity index (χ4n) is 3.56. The van der Waals surface area contributed by atoms with E-state index in [0.29, 0.717) is 17.8 Å². The molecule has 2 aliphatic heterocycles. The lowest BCUT2D eigenvalue weighted by Crippen LogP contribution is -2.54. The molecule has 0 amide bonds. The van der Waals surface area contributed by atoms with Crippen molar-refractivity contribution in [2.45, 2.75) is 57.8 Å². The van der Waals surface area contributed by atoms with Crippen LogP contribution in [0.4, 0.5) is 5.95 Å². The fourth-order valence-corrected chi connectivity index (χ4v) is 5.22. The molecule has 5 atom stereocenters. The van der Waals surface area contributed by atoms with Gasteiger partial charge < -0.3 is 20.9 Å². The maximum Gasteiger partial charge on any atom is 0.475 e. The lowest BCUT2D eigenvalue weighted by atomic mass is 9.93. The highest BCUT2D eigenvalue weighted by molar-refractivity contribution is 7.48. The highest BCUT2D eigenvalue weighted by atomic mass is 31.2. The minimum absolute atomic E-state index is 0.0197. The van der Waals surface area contributed by atoms with Crippen molar-refractivity contribution in [3.63, 3.8) is 0 Å². The van der Waals surface area contributed by atoms with Crippen molar-refractivity contribution in [2.24, 2.45) is 5.73 Å². The molecule has 2 aliphatic rings. The maximum atomic E-state index is 12.8. The number of rotatable bonds is 5. The van der Waals surface area contributed by atoms with Crippen LogP contribution in [0.15, 0.2) is 6.33 Å². The van der Waals surface area contributed by atoms with Crippen LogP contribution in [0.1, 0.15) is 33.9 Å². The molecule has 2 aromatic rings. The molecule has 4 heterocycles. The smallest absolute Gasteiger partial charge is 0.475 e. The van der Waals surface area contributed by atoms with E-state index in [1.54, 1.807) is 25.3 Å². The second-order valence-corrected chi connectivity index (χ2v) is 9.03. The molecule has 29 heavy (non-hydrogen) atoms. The Morgan fingerprint density at radius 3 is 2.90 bits per heavy atom. The van der Waals surface area contributed by atoms with E-state index in [2.05, 4.69) is 15.0 Å². The van der Waals surface area contributed by atoms with Crippen molar-refractivity contribution >= 4 is 24.9 Å². The number of hydrogen-bond donors (Lipinski definition) is 2. The predicted octanol–water partition coefficient (Wildman–Crippen LogP) is 1.37. The summed E-state index contributed by atoms with van der Waals surface area (Å²) >= 11 is 0. The molecule has 13 heteroatoms. The number of phosphoric acid groups is 1. The van der Waals surface area contributed by atoms with Gasteiger partial charge in [-0.2, -0.15) is 9.97 Å². The molecule has 4 rings (SSSR count).